The second kappa shape index (κ2) is 6.11. The monoisotopic (exact) mass is 268 g/mol. The molecule has 0 saturated carbocycles. The van der Waals surface area contributed by atoms with Crippen LogP contribution in [0.25, 0.3) is 0 Å². The minimum absolute atomic E-state index is 0.00200. The Bertz CT molecular complexity index is 322. The lowest BCUT2D eigenvalue weighted by molar-refractivity contribution is -0.130. The number of carbonyl (C=O) groups is 1. The van der Waals surface area contributed by atoms with Crippen LogP contribution in [0.5, 0.6) is 0 Å². The molecule has 1 amide bonds. The van der Waals surface area contributed by atoms with Crippen LogP contribution in [0.15, 0.2) is 12.2 Å². The van der Waals surface area contributed by atoms with Crippen LogP contribution in [0, 0.1) is 0 Å². The number of rotatable bonds is 3. The molecule has 102 valence electrons. The normalized spacial score (nSPS) is 24.9. The number of amides is 1. The van der Waals surface area contributed by atoms with Gasteiger partial charge in [-0.15, -0.1) is 0 Å². The average Bonchev–Trinajstić information content (AvgIpc) is 2.81. The first-order chi connectivity index (χ1) is 8.59. The third-order valence-electron chi connectivity index (χ3n) is 3.73. The van der Waals surface area contributed by atoms with Crippen molar-refractivity contribution in [1.82, 2.24) is 9.80 Å². The Hall–Kier alpha value is -0.480. The molecule has 0 bridgehead atoms. The molecule has 4 heteroatoms. The molecule has 0 aliphatic carbocycles. The van der Waals surface area contributed by atoms with E-state index in [1.165, 1.54) is 25.9 Å². The molecule has 2 heterocycles. The predicted octanol–water partition coefficient (Wildman–Crippen LogP) is 1.99. The summed E-state index contributed by atoms with van der Waals surface area (Å²) in [5.74, 6) is 2.29. The summed E-state index contributed by atoms with van der Waals surface area (Å²) in [6.45, 7) is 8.49. The topological polar surface area (TPSA) is 23.6 Å². The molecule has 2 aliphatic rings. The Morgan fingerprint density at radius 1 is 1.28 bits per heavy atom. The molecule has 0 spiro atoms. The number of carbonyl (C=O) groups excluding carboxylic acids is 1. The minimum atomic E-state index is -0.00200. The van der Waals surface area contributed by atoms with Gasteiger partial charge in [0, 0.05) is 36.2 Å². The molecule has 0 N–H and O–H groups in total. The molecule has 3 nitrogen and oxygen atoms in total. The zero-order valence-corrected chi connectivity index (χ0v) is 12.3. The van der Waals surface area contributed by atoms with E-state index >= 15 is 0 Å². The van der Waals surface area contributed by atoms with Crippen LogP contribution in [-0.2, 0) is 4.79 Å². The summed E-state index contributed by atoms with van der Waals surface area (Å²) in [5, 5.41) is 0. The number of nitrogens with zero attached hydrogens (tertiary/aromatic N) is 2. The standard InChI is InChI=1S/C14H24N2OS/c1-14(2)12-18-11-10-16(14)13(17)6-5-9-15-7-3-4-8-15/h5-6H,3-4,7-12H2,1-2H3/b6-5+. The lowest BCUT2D eigenvalue weighted by atomic mass is 10.1. The van der Waals surface area contributed by atoms with E-state index in [0.29, 0.717) is 0 Å². The second-order valence-corrected chi connectivity index (χ2v) is 6.87. The maximum Gasteiger partial charge on any atom is 0.246 e. The quantitative estimate of drug-likeness (QED) is 0.731. The van der Waals surface area contributed by atoms with E-state index in [1.807, 2.05) is 22.7 Å². The first kappa shape index (κ1) is 13.9. The lowest BCUT2D eigenvalue weighted by Crippen LogP contribution is -2.52. The van der Waals surface area contributed by atoms with Crippen molar-refractivity contribution in [2.45, 2.75) is 32.2 Å². The van der Waals surface area contributed by atoms with E-state index in [0.717, 1.165) is 24.6 Å². The van der Waals surface area contributed by atoms with Gasteiger partial charge in [-0.2, -0.15) is 11.8 Å². The molecule has 0 aromatic carbocycles. The number of hydrogen-bond acceptors (Lipinski definition) is 3. The highest BCUT2D eigenvalue weighted by Crippen LogP contribution is 2.26. The molecular weight excluding hydrogens is 244 g/mol. The van der Waals surface area contributed by atoms with Gasteiger partial charge < -0.3 is 4.90 Å². The molecule has 0 aromatic rings. The Kier molecular flexibility index (Phi) is 4.73. The summed E-state index contributed by atoms with van der Waals surface area (Å²) in [6.07, 6.45) is 6.41. The summed E-state index contributed by atoms with van der Waals surface area (Å²) >= 11 is 1.94. The van der Waals surface area contributed by atoms with Gasteiger partial charge in [0.2, 0.25) is 5.91 Å². The fourth-order valence-corrected chi connectivity index (χ4v) is 3.74. The fourth-order valence-electron chi connectivity index (χ4n) is 2.62. The van der Waals surface area contributed by atoms with Gasteiger partial charge in [0.25, 0.3) is 0 Å². The Morgan fingerprint density at radius 2 is 2.00 bits per heavy atom. The first-order valence-electron chi connectivity index (χ1n) is 6.88. The number of thioether (sulfide) groups is 1. The Labute approximate surface area is 115 Å². The molecule has 0 aromatic heterocycles. The molecule has 0 unspecified atom stereocenters. The van der Waals surface area contributed by atoms with Crippen LogP contribution in [-0.4, -0.2) is 58.9 Å². The third-order valence-corrected chi connectivity index (χ3v) is 5.12. The molecule has 2 saturated heterocycles. The van der Waals surface area contributed by atoms with Crippen molar-refractivity contribution < 1.29 is 4.79 Å². The van der Waals surface area contributed by atoms with Crippen LogP contribution in [0.3, 0.4) is 0 Å². The van der Waals surface area contributed by atoms with Crippen molar-refractivity contribution in [2.75, 3.05) is 37.7 Å². The Balaban J connectivity index is 1.84. The largest absolute Gasteiger partial charge is 0.332 e. The van der Waals surface area contributed by atoms with Gasteiger partial charge in [-0.3, -0.25) is 9.69 Å². The van der Waals surface area contributed by atoms with Crippen molar-refractivity contribution in [3.63, 3.8) is 0 Å². The van der Waals surface area contributed by atoms with Crippen LogP contribution < -0.4 is 0 Å². The fraction of sp³-hybridized carbons (Fsp3) is 0.786. The number of hydrogen-bond donors (Lipinski definition) is 0. The van der Waals surface area contributed by atoms with Crippen LogP contribution in [0.1, 0.15) is 26.7 Å². The van der Waals surface area contributed by atoms with E-state index in [9.17, 15) is 4.79 Å². The van der Waals surface area contributed by atoms with Crippen LogP contribution in [0.2, 0.25) is 0 Å². The summed E-state index contributed by atoms with van der Waals surface area (Å²) in [7, 11) is 0. The van der Waals surface area contributed by atoms with Crippen molar-refractivity contribution in [1.29, 1.82) is 0 Å². The zero-order valence-electron chi connectivity index (χ0n) is 11.5. The lowest BCUT2D eigenvalue weighted by Gasteiger charge is -2.41. The molecular formula is C14H24N2OS. The minimum Gasteiger partial charge on any atom is -0.332 e. The summed E-state index contributed by atoms with van der Waals surface area (Å²) in [4.78, 5) is 16.6. The highest BCUT2D eigenvalue weighted by atomic mass is 32.2. The summed E-state index contributed by atoms with van der Waals surface area (Å²) in [5.41, 5.74) is -0.00200. The highest BCUT2D eigenvalue weighted by molar-refractivity contribution is 7.99. The third kappa shape index (κ3) is 3.51. The van der Waals surface area contributed by atoms with E-state index in [2.05, 4.69) is 18.7 Å². The molecule has 2 aliphatic heterocycles. The average molecular weight is 268 g/mol. The molecule has 2 fully saturated rings. The van der Waals surface area contributed by atoms with Crippen molar-refractivity contribution in [3.8, 4) is 0 Å². The van der Waals surface area contributed by atoms with Gasteiger partial charge in [0.05, 0.1) is 0 Å². The summed E-state index contributed by atoms with van der Waals surface area (Å²) < 4.78 is 0. The summed E-state index contributed by atoms with van der Waals surface area (Å²) in [6, 6.07) is 0. The van der Waals surface area contributed by atoms with Crippen molar-refractivity contribution in [2.24, 2.45) is 0 Å². The van der Waals surface area contributed by atoms with Gasteiger partial charge in [0.1, 0.15) is 0 Å². The maximum atomic E-state index is 12.2. The zero-order chi connectivity index (χ0) is 13.0. The SMILES string of the molecule is CC1(C)CSCCN1C(=O)/C=C/CN1CCCC1. The van der Waals surface area contributed by atoms with Gasteiger partial charge in [0.15, 0.2) is 0 Å². The van der Waals surface area contributed by atoms with Gasteiger partial charge in [-0.25, -0.2) is 0 Å². The second-order valence-electron chi connectivity index (χ2n) is 5.76. The van der Waals surface area contributed by atoms with Crippen molar-refractivity contribution in [3.05, 3.63) is 12.2 Å². The van der Waals surface area contributed by atoms with E-state index in [4.69, 9.17) is 0 Å². The van der Waals surface area contributed by atoms with Crippen LogP contribution in [0.4, 0.5) is 0 Å². The van der Waals surface area contributed by atoms with Gasteiger partial charge >= 0.3 is 0 Å². The molecule has 2 rings (SSSR count). The van der Waals surface area contributed by atoms with Crippen LogP contribution >= 0.6 is 11.8 Å². The van der Waals surface area contributed by atoms with Crippen molar-refractivity contribution >= 4 is 17.7 Å². The first-order valence-corrected chi connectivity index (χ1v) is 8.03. The van der Waals surface area contributed by atoms with E-state index in [-0.39, 0.29) is 11.4 Å². The predicted molar refractivity (Wildman–Crippen MR) is 77.9 cm³/mol. The molecule has 0 atom stereocenters. The van der Waals surface area contributed by atoms with E-state index in [1.54, 1.807) is 6.08 Å². The smallest absolute Gasteiger partial charge is 0.246 e. The van der Waals surface area contributed by atoms with Gasteiger partial charge in [-0.05, 0) is 39.8 Å². The maximum absolute atomic E-state index is 12.2. The Morgan fingerprint density at radius 3 is 2.67 bits per heavy atom. The van der Waals surface area contributed by atoms with E-state index < -0.39 is 0 Å². The molecule has 0 radical (unpaired) electrons. The molecule has 18 heavy (non-hydrogen) atoms. The van der Waals surface area contributed by atoms with Gasteiger partial charge in [-0.1, -0.05) is 6.08 Å². The number of likely N-dealkylation sites (tertiary alicyclic amines) is 1. The highest BCUT2D eigenvalue weighted by Gasteiger charge is 2.32.